The first-order chi connectivity index (χ1) is 17.4. The van der Waals surface area contributed by atoms with E-state index in [4.69, 9.17) is 4.74 Å². The van der Waals surface area contributed by atoms with Gasteiger partial charge in [-0.2, -0.15) is 5.10 Å². The third kappa shape index (κ3) is 5.57. The van der Waals surface area contributed by atoms with Gasteiger partial charge < -0.3 is 10.1 Å². The van der Waals surface area contributed by atoms with E-state index in [-0.39, 0.29) is 17.6 Å². The van der Waals surface area contributed by atoms with Gasteiger partial charge in [0.15, 0.2) is 0 Å². The number of hydrogen-bond acceptors (Lipinski definition) is 6. The molecule has 36 heavy (non-hydrogen) atoms. The average molecular weight is 492 g/mol. The van der Waals surface area contributed by atoms with Crippen molar-refractivity contribution in [1.82, 2.24) is 20.0 Å². The number of ether oxygens (including phenoxy) is 1. The summed E-state index contributed by atoms with van der Waals surface area (Å²) in [5.41, 5.74) is 3.51. The highest BCUT2D eigenvalue weighted by atomic mass is 16.6. The van der Waals surface area contributed by atoms with Gasteiger partial charge in [0.2, 0.25) is 0 Å². The number of carbonyl (C=O) groups excluding carboxylic acids is 1. The van der Waals surface area contributed by atoms with Gasteiger partial charge in [-0.25, -0.2) is 0 Å². The maximum absolute atomic E-state index is 13.0. The number of nitro groups is 1. The number of nitrogens with zero attached hydrogens (tertiary/aromatic N) is 4. The molecule has 0 aliphatic carbocycles. The van der Waals surface area contributed by atoms with Crippen molar-refractivity contribution in [2.45, 2.75) is 45.7 Å². The molecule has 0 unspecified atom stereocenters. The monoisotopic (exact) mass is 491 g/mol. The van der Waals surface area contributed by atoms with Crippen LogP contribution in [0.25, 0.3) is 0 Å². The van der Waals surface area contributed by atoms with Crippen molar-refractivity contribution in [2.75, 3.05) is 26.7 Å². The van der Waals surface area contributed by atoms with Gasteiger partial charge in [0.25, 0.3) is 5.91 Å². The van der Waals surface area contributed by atoms with Gasteiger partial charge in [0, 0.05) is 17.7 Å². The molecule has 1 fully saturated rings. The highest BCUT2D eigenvalue weighted by molar-refractivity contribution is 5.94. The second kappa shape index (κ2) is 11.3. The average Bonchev–Trinajstić information content (AvgIpc) is 3.17. The van der Waals surface area contributed by atoms with Crippen molar-refractivity contribution in [2.24, 2.45) is 0 Å². The van der Waals surface area contributed by atoms with Crippen LogP contribution in [0.4, 0.5) is 5.69 Å². The Hall–Kier alpha value is -3.72. The Kier molecular flexibility index (Phi) is 8.00. The van der Waals surface area contributed by atoms with Gasteiger partial charge in [0.05, 0.1) is 24.6 Å². The Bertz CT molecular complexity index is 1220. The summed E-state index contributed by atoms with van der Waals surface area (Å²) < 4.78 is 7.24. The van der Waals surface area contributed by atoms with Crippen LogP contribution in [0.3, 0.4) is 0 Å². The van der Waals surface area contributed by atoms with E-state index in [2.05, 4.69) is 21.4 Å². The summed E-state index contributed by atoms with van der Waals surface area (Å²) in [4.78, 5) is 26.3. The minimum Gasteiger partial charge on any atom is -0.496 e. The lowest BCUT2D eigenvalue weighted by Gasteiger charge is -2.35. The van der Waals surface area contributed by atoms with Gasteiger partial charge in [-0.1, -0.05) is 36.8 Å². The molecule has 2 aromatic carbocycles. The van der Waals surface area contributed by atoms with Gasteiger partial charge in [-0.3, -0.25) is 24.5 Å². The van der Waals surface area contributed by atoms with Crippen molar-refractivity contribution in [3.05, 3.63) is 86.7 Å². The van der Waals surface area contributed by atoms with E-state index in [9.17, 15) is 14.9 Å². The number of piperidine rings is 1. The lowest BCUT2D eigenvalue weighted by molar-refractivity contribution is -0.386. The van der Waals surface area contributed by atoms with Crippen LogP contribution in [0.5, 0.6) is 5.75 Å². The number of hydrogen-bond donors (Lipinski definition) is 1. The molecule has 1 aliphatic heterocycles. The zero-order valence-electron chi connectivity index (χ0n) is 21.1. The van der Waals surface area contributed by atoms with Gasteiger partial charge in [0.1, 0.15) is 17.1 Å². The van der Waals surface area contributed by atoms with Crippen molar-refractivity contribution in [1.29, 1.82) is 0 Å². The van der Waals surface area contributed by atoms with E-state index in [1.807, 2.05) is 30.3 Å². The van der Waals surface area contributed by atoms with E-state index in [1.165, 1.54) is 6.42 Å². The molecule has 1 amide bonds. The van der Waals surface area contributed by atoms with E-state index in [0.717, 1.165) is 42.8 Å². The molecule has 1 N–H and O–H groups in total. The zero-order valence-corrected chi connectivity index (χ0v) is 21.1. The molecule has 0 bridgehead atoms. The largest absolute Gasteiger partial charge is 0.496 e. The lowest BCUT2D eigenvalue weighted by atomic mass is 10.0. The number of rotatable bonds is 9. The van der Waals surface area contributed by atoms with Crippen LogP contribution in [0, 0.1) is 24.0 Å². The Labute approximate surface area is 211 Å². The van der Waals surface area contributed by atoms with Gasteiger partial charge in [-0.05, 0) is 63.5 Å². The summed E-state index contributed by atoms with van der Waals surface area (Å²) in [5, 5.41) is 18.7. The molecule has 0 spiro atoms. The van der Waals surface area contributed by atoms with Crippen LogP contribution < -0.4 is 10.1 Å². The number of benzene rings is 2. The number of carbonyl (C=O) groups is 1. The normalized spacial score (nSPS) is 14.9. The number of para-hydroxylation sites is 1. The predicted molar refractivity (Wildman–Crippen MR) is 137 cm³/mol. The highest BCUT2D eigenvalue weighted by Gasteiger charge is 2.26. The Morgan fingerprint density at radius 2 is 1.81 bits per heavy atom. The first-order valence-corrected chi connectivity index (χ1v) is 12.3. The highest BCUT2D eigenvalue weighted by Crippen LogP contribution is 2.31. The Balaban J connectivity index is 1.44. The molecule has 2 heterocycles. The number of methoxy groups -OCH3 is 1. The molecule has 0 radical (unpaired) electrons. The van der Waals surface area contributed by atoms with Crippen molar-refractivity contribution in [3.8, 4) is 5.75 Å². The van der Waals surface area contributed by atoms with Crippen LogP contribution >= 0.6 is 0 Å². The van der Waals surface area contributed by atoms with E-state index < -0.39 is 4.92 Å². The summed E-state index contributed by atoms with van der Waals surface area (Å²) in [6.45, 7) is 6.21. The molecule has 1 saturated heterocycles. The fourth-order valence-corrected chi connectivity index (χ4v) is 4.94. The zero-order chi connectivity index (χ0) is 25.7. The molecule has 9 heteroatoms. The summed E-state index contributed by atoms with van der Waals surface area (Å²) >= 11 is 0. The number of amides is 1. The fourth-order valence-electron chi connectivity index (χ4n) is 4.94. The van der Waals surface area contributed by atoms with Crippen molar-refractivity contribution >= 4 is 11.6 Å². The summed E-state index contributed by atoms with van der Waals surface area (Å²) in [5.74, 6) is 0.691. The molecule has 1 atom stereocenters. The third-order valence-corrected chi connectivity index (χ3v) is 6.86. The van der Waals surface area contributed by atoms with Crippen LogP contribution in [0.1, 0.15) is 58.2 Å². The van der Waals surface area contributed by atoms with E-state index in [0.29, 0.717) is 30.0 Å². The maximum Gasteiger partial charge on any atom is 0.312 e. The summed E-state index contributed by atoms with van der Waals surface area (Å²) in [7, 11) is 1.68. The number of aryl methyl sites for hydroxylation is 1. The fraction of sp³-hybridized carbons (Fsp3) is 0.407. The number of nitrogens with one attached hydrogen (secondary N) is 1. The minimum atomic E-state index is -0.399. The summed E-state index contributed by atoms with van der Waals surface area (Å²) in [6.07, 6.45) is 3.54. The molecule has 3 aromatic rings. The van der Waals surface area contributed by atoms with Crippen molar-refractivity contribution in [3.63, 3.8) is 0 Å². The molecular weight excluding hydrogens is 458 g/mol. The number of aromatic nitrogens is 2. The first kappa shape index (κ1) is 25.4. The number of likely N-dealkylation sites (tertiary alicyclic amines) is 1. The second-order valence-corrected chi connectivity index (χ2v) is 9.20. The van der Waals surface area contributed by atoms with E-state index in [1.54, 1.807) is 37.8 Å². The van der Waals surface area contributed by atoms with Gasteiger partial charge in [-0.15, -0.1) is 0 Å². The van der Waals surface area contributed by atoms with Crippen molar-refractivity contribution < 1.29 is 14.5 Å². The standard InChI is InChI=1S/C27H33N5O4/c1-19-26(32(34)35)20(2)31(29-19)18-21-11-13-22(14-12-21)27(33)28-17-24(30-15-7-4-8-16-30)23-9-5-6-10-25(23)36-3/h5-6,9-14,24H,4,7-8,15-18H2,1-3H3,(H,28,33)/t24-/m1/s1. The van der Waals surface area contributed by atoms with Crippen LogP contribution in [-0.4, -0.2) is 52.3 Å². The quantitative estimate of drug-likeness (QED) is 0.351. The molecule has 190 valence electrons. The lowest BCUT2D eigenvalue weighted by Crippen LogP contribution is -2.40. The minimum absolute atomic E-state index is 0.0338. The SMILES string of the molecule is COc1ccccc1[C@@H](CNC(=O)c1ccc(Cn2nc(C)c([N+](=O)[O-])c2C)cc1)N1CCCCC1. The predicted octanol–water partition coefficient (Wildman–Crippen LogP) is 4.42. The molecule has 4 rings (SSSR count). The summed E-state index contributed by atoms with van der Waals surface area (Å²) in [6, 6.07) is 15.3. The smallest absolute Gasteiger partial charge is 0.312 e. The Morgan fingerprint density at radius 3 is 2.44 bits per heavy atom. The molecular formula is C27H33N5O4. The molecule has 1 aliphatic rings. The third-order valence-electron chi connectivity index (χ3n) is 6.86. The van der Waals surface area contributed by atoms with E-state index >= 15 is 0 Å². The first-order valence-electron chi connectivity index (χ1n) is 12.3. The molecule has 0 saturated carbocycles. The van der Waals surface area contributed by atoms with Crippen LogP contribution in [0.2, 0.25) is 0 Å². The topological polar surface area (TPSA) is 103 Å². The maximum atomic E-state index is 13.0. The molecule has 9 nitrogen and oxygen atoms in total. The second-order valence-electron chi connectivity index (χ2n) is 9.20. The van der Waals surface area contributed by atoms with Crippen LogP contribution in [0.15, 0.2) is 48.5 Å². The van der Waals surface area contributed by atoms with Gasteiger partial charge >= 0.3 is 5.69 Å². The Morgan fingerprint density at radius 1 is 1.11 bits per heavy atom. The molecule has 1 aromatic heterocycles. The van der Waals surface area contributed by atoms with Crippen LogP contribution in [-0.2, 0) is 6.54 Å².